The first-order valence-corrected chi connectivity index (χ1v) is 23.4. The number of rotatable bonds is 17. The molecule has 0 unspecified atom stereocenters. The summed E-state index contributed by atoms with van der Waals surface area (Å²) in [5.41, 5.74) is 3.46. The molecule has 21 heteroatoms. The molecule has 69 heavy (non-hydrogen) atoms. The van der Waals surface area contributed by atoms with E-state index in [9.17, 15) is 32.7 Å². The topological polar surface area (TPSA) is 218 Å². The molecule has 0 aliphatic rings. The van der Waals surface area contributed by atoms with Crippen molar-refractivity contribution in [2.45, 2.75) is 84.4 Å². The Kier molecular flexibility index (Phi) is 19.2. The first-order chi connectivity index (χ1) is 32.6. The second-order valence-corrected chi connectivity index (χ2v) is 17.7. The zero-order chi connectivity index (χ0) is 49.0. The summed E-state index contributed by atoms with van der Waals surface area (Å²) in [6.07, 6.45) is 10.8. The van der Waals surface area contributed by atoms with Gasteiger partial charge in [-0.2, -0.15) is 18.3 Å². The number of carbonyl (C=O) groups is 3. The number of aromatic nitrogens is 7. The summed E-state index contributed by atoms with van der Waals surface area (Å²) in [5, 5.41) is 43.0. The number of hydrogen-bond acceptors (Lipinski definition) is 11. The fourth-order valence-electron chi connectivity index (χ4n) is 7.17. The number of isothiocyanates is 1. The molecule has 0 aromatic carbocycles. The van der Waals surface area contributed by atoms with E-state index in [0.29, 0.717) is 5.69 Å². The molecule has 0 atom stereocenters. The van der Waals surface area contributed by atoms with Crippen molar-refractivity contribution in [3.05, 3.63) is 118 Å². The van der Waals surface area contributed by atoms with E-state index in [1.165, 1.54) is 124 Å². The van der Waals surface area contributed by atoms with Gasteiger partial charge in [0.2, 0.25) is 0 Å². The van der Waals surface area contributed by atoms with Gasteiger partial charge in [-0.15, -0.1) is 22.7 Å². The zero-order valence-corrected chi connectivity index (χ0v) is 41.2. The van der Waals surface area contributed by atoms with Gasteiger partial charge in [0.05, 0.1) is 59.9 Å². The van der Waals surface area contributed by atoms with E-state index >= 15 is 0 Å². The Morgan fingerprint density at radius 3 is 1.78 bits per heavy atom. The standard InChI is InChI=1S/C29H32F3N4S2.C18H11N3O6.CNS.Ru/c1-3-5-7-9-11-20-15-23-27(37-20)28-24(36(23)14-10-8-6-4-2)17-25(38-28)19-12-13-21(33-18-19)22-16-26(35-34-22)29(30,31)32;22-16(23)9-1-3-19-12(5-9)14-7-11(18(26)27)8-15(21-14)13-6-10(17(24)25)2-4-20-13;2-1-3;/h12-13,15-18H,3-11,14H2,1-2H3;1-8H,(H,22,23)(H,24,25)(H,26,27);;/q-1;;-1;+2. The van der Waals surface area contributed by atoms with Crippen LogP contribution in [0.4, 0.5) is 13.2 Å². The summed E-state index contributed by atoms with van der Waals surface area (Å²) >= 11 is 7.40. The van der Waals surface area contributed by atoms with Gasteiger partial charge in [0.25, 0.3) is 0 Å². The maximum absolute atomic E-state index is 12.9. The van der Waals surface area contributed by atoms with Crippen molar-refractivity contribution in [1.29, 1.82) is 0 Å². The number of nitrogens with zero attached hydrogens (tertiary/aromatic N) is 8. The number of thiophene rings is 2. The molecule has 8 aromatic heterocycles. The van der Waals surface area contributed by atoms with Crippen molar-refractivity contribution in [3.8, 4) is 44.6 Å². The van der Waals surface area contributed by atoms with Crippen molar-refractivity contribution in [3.63, 3.8) is 0 Å². The quantitative estimate of drug-likeness (QED) is 0.0335. The average Bonchev–Trinajstić information content (AvgIpc) is 4.14. The van der Waals surface area contributed by atoms with Crippen LogP contribution in [0.5, 0.6) is 0 Å². The number of fused-ring (bicyclic) bond motifs is 3. The van der Waals surface area contributed by atoms with Crippen molar-refractivity contribution in [2.24, 2.45) is 0 Å². The van der Waals surface area contributed by atoms with Crippen LogP contribution < -0.4 is 5.10 Å². The second-order valence-electron chi connectivity index (χ2n) is 15.3. The van der Waals surface area contributed by atoms with Crippen LogP contribution in [0.25, 0.3) is 70.4 Å². The van der Waals surface area contributed by atoms with Gasteiger partial charge in [0.15, 0.2) is 0 Å². The fourth-order valence-corrected chi connectivity index (χ4v) is 9.67. The molecule has 3 N–H and O–H groups in total. The van der Waals surface area contributed by atoms with E-state index in [4.69, 9.17) is 15.6 Å². The number of hydrogen-bond donors (Lipinski definition) is 3. The second kappa shape index (κ2) is 24.8. The predicted molar refractivity (Wildman–Crippen MR) is 260 cm³/mol. The van der Waals surface area contributed by atoms with Crippen molar-refractivity contribution < 1.29 is 62.4 Å². The monoisotopic (exact) mass is 1080 g/mol. The third-order valence-corrected chi connectivity index (χ3v) is 13.0. The zero-order valence-electron chi connectivity index (χ0n) is 37.0. The predicted octanol–water partition coefficient (Wildman–Crippen LogP) is 12.7. The molecule has 0 radical (unpaired) electrons. The van der Waals surface area contributed by atoms with E-state index in [1.807, 2.05) is 17.4 Å². The third-order valence-electron chi connectivity index (χ3n) is 10.5. The Morgan fingerprint density at radius 1 is 0.710 bits per heavy atom. The molecule has 0 saturated heterocycles. The third kappa shape index (κ3) is 13.7. The SMILES string of the molecule is CCCCCCc1cc2c(s1)c1sc(-c3ccc(-c4cc(C(F)(F)F)n[n-]4)nc3)cc1n2CCCCCC.O=C(O)c1ccnc(-c2cc(C(=O)O)cc(-c3cc(C(=O)O)ccn3)n2)c1.[N-]=C=S.[Ru+2]. The number of pyridine rings is 4. The summed E-state index contributed by atoms with van der Waals surface area (Å²) in [6.45, 7) is 5.49. The van der Waals surface area contributed by atoms with Crippen LogP contribution in [0.1, 0.15) is 107 Å². The van der Waals surface area contributed by atoms with E-state index in [1.54, 1.807) is 23.6 Å². The Hall–Kier alpha value is -6.37. The Morgan fingerprint density at radius 2 is 1.26 bits per heavy atom. The normalized spacial score (nSPS) is 11.0. The number of thiocarbonyl (C=S) groups is 1. The fraction of sp³-hybridized carbons (Fsp3) is 0.271. The molecule has 0 fully saturated rings. The summed E-state index contributed by atoms with van der Waals surface area (Å²) in [6, 6.07) is 16.8. The Bertz CT molecular complexity index is 3010. The number of alkyl halides is 3. The van der Waals surface area contributed by atoms with Crippen LogP contribution >= 0.6 is 34.9 Å². The van der Waals surface area contributed by atoms with Crippen LogP contribution in [-0.2, 0) is 38.6 Å². The summed E-state index contributed by atoms with van der Waals surface area (Å²) in [7, 11) is 0. The van der Waals surface area contributed by atoms with Gasteiger partial charge in [-0.1, -0.05) is 70.3 Å². The molecule has 0 spiro atoms. The van der Waals surface area contributed by atoms with Gasteiger partial charge in [-0.25, -0.2) is 19.4 Å². The molecule has 358 valence electrons. The first kappa shape index (κ1) is 53.6. The van der Waals surface area contributed by atoms with Crippen LogP contribution in [0, 0.1) is 0 Å². The number of aryl methyl sites for hydroxylation is 2. The molecule has 0 saturated carbocycles. The minimum Gasteiger partial charge on any atom is -0.753 e. The van der Waals surface area contributed by atoms with Gasteiger partial charge < -0.3 is 35.5 Å². The van der Waals surface area contributed by atoms with Crippen LogP contribution in [0.15, 0.2) is 85.3 Å². The van der Waals surface area contributed by atoms with E-state index < -0.39 is 29.8 Å². The van der Waals surface area contributed by atoms with Gasteiger partial charge in [-0.3, -0.25) is 15.0 Å². The molecule has 8 heterocycles. The van der Waals surface area contributed by atoms with Crippen molar-refractivity contribution >= 4 is 78.4 Å². The van der Waals surface area contributed by atoms with Crippen LogP contribution in [-0.4, -0.2) is 68.0 Å². The number of carboxylic acids is 3. The van der Waals surface area contributed by atoms with Gasteiger partial charge in [0.1, 0.15) is 5.69 Å². The minimum atomic E-state index is -4.51. The van der Waals surface area contributed by atoms with Crippen LogP contribution in [0.2, 0.25) is 0 Å². The molecule has 8 aromatic rings. The van der Waals surface area contributed by atoms with E-state index in [0.717, 1.165) is 35.9 Å². The Labute approximate surface area is 420 Å². The van der Waals surface area contributed by atoms with Crippen molar-refractivity contribution in [1.82, 2.24) is 34.7 Å². The van der Waals surface area contributed by atoms with E-state index in [-0.39, 0.29) is 64.6 Å². The maximum atomic E-state index is 12.9. The van der Waals surface area contributed by atoms with Gasteiger partial charge in [0, 0.05) is 46.1 Å². The van der Waals surface area contributed by atoms with Gasteiger partial charge in [-0.05, 0) is 86.0 Å². The van der Waals surface area contributed by atoms with E-state index in [2.05, 4.69) is 72.9 Å². The number of carboxylic acid groups (broad SMARTS) is 3. The molecule has 0 bridgehead atoms. The summed E-state index contributed by atoms with van der Waals surface area (Å²) < 4.78 is 43.9. The summed E-state index contributed by atoms with van der Waals surface area (Å²) in [5.74, 6) is -3.56. The molecular weight excluding hydrogens is 1040 g/mol. The molecule has 0 amide bonds. The number of aromatic carboxylic acids is 3. The smallest absolute Gasteiger partial charge is 0.753 e. The molecular formula is C48H43F3N8O6RuS3. The molecule has 0 aliphatic carbocycles. The Balaban J connectivity index is 0.000000253. The average molecular weight is 1080 g/mol. The number of halogens is 3. The largest absolute Gasteiger partial charge is 2.00 e. The van der Waals surface area contributed by atoms with Gasteiger partial charge >= 0.3 is 43.6 Å². The van der Waals surface area contributed by atoms with Crippen LogP contribution in [0.3, 0.4) is 0 Å². The summed E-state index contributed by atoms with van der Waals surface area (Å²) in [4.78, 5) is 53.1. The molecule has 8 rings (SSSR count). The minimum absolute atomic E-state index is 0. The number of unbranched alkanes of at least 4 members (excludes halogenated alkanes) is 6. The molecule has 0 aliphatic heterocycles. The van der Waals surface area contributed by atoms with Crippen molar-refractivity contribution in [2.75, 3.05) is 0 Å². The maximum Gasteiger partial charge on any atom is 2.00 e. The molecule has 14 nitrogen and oxygen atoms in total. The first-order valence-electron chi connectivity index (χ1n) is 21.4.